The van der Waals surface area contributed by atoms with Crippen molar-refractivity contribution in [3.63, 3.8) is 0 Å². The van der Waals surface area contributed by atoms with Gasteiger partial charge in [-0.3, -0.25) is 0 Å². The van der Waals surface area contributed by atoms with Gasteiger partial charge < -0.3 is 15.8 Å². The number of hydrogen-bond acceptors (Lipinski definition) is 3. The molecule has 0 fully saturated rings. The van der Waals surface area contributed by atoms with Gasteiger partial charge in [0.05, 0.1) is 23.9 Å². The molecule has 98 valence electrons. The molecular formula is C14H12F2N2O. The van der Waals surface area contributed by atoms with Crippen LogP contribution >= 0.6 is 0 Å². The molecule has 2 rings (SSSR count). The molecule has 1 aliphatic rings. The van der Waals surface area contributed by atoms with Crippen LogP contribution in [0.3, 0.4) is 0 Å². The van der Waals surface area contributed by atoms with Crippen LogP contribution in [0.1, 0.15) is 5.56 Å². The van der Waals surface area contributed by atoms with Crippen LogP contribution in [0.2, 0.25) is 0 Å². The summed E-state index contributed by atoms with van der Waals surface area (Å²) in [5, 5.41) is 2.94. The zero-order valence-corrected chi connectivity index (χ0v) is 10.3. The van der Waals surface area contributed by atoms with Gasteiger partial charge in [-0.2, -0.15) is 0 Å². The minimum Gasteiger partial charge on any atom is -0.496 e. The molecule has 0 radical (unpaired) electrons. The fourth-order valence-corrected chi connectivity index (χ4v) is 1.60. The van der Waals surface area contributed by atoms with E-state index in [-0.39, 0.29) is 11.3 Å². The molecule has 0 atom stereocenters. The molecule has 0 amide bonds. The second-order valence-electron chi connectivity index (χ2n) is 3.81. The van der Waals surface area contributed by atoms with Crippen molar-refractivity contribution in [1.29, 1.82) is 0 Å². The number of nitrogen functional groups attached to an aromatic ring is 1. The molecule has 0 saturated heterocycles. The van der Waals surface area contributed by atoms with Crippen LogP contribution in [0, 0.1) is 23.5 Å². The Hall–Kier alpha value is -2.48. The first-order chi connectivity index (χ1) is 9.13. The second-order valence-corrected chi connectivity index (χ2v) is 3.81. The number of nitrogens with one attached hydrogen (secondary N) is 1. The van der Waals surface area contributed by atoms with Crippen LogP contribution in [0.25, 0.3) is 0 Å². The van der Waals surface area contributed by atoms with Crippen LogP contribution in [-0.2, 0) is 4.74 Å². The highest BCUT2D eigenvalue weighted by atomic mass is 19.1. The number of allylic oxidation sites excluding steroid dienone is 1. The van der Waals surface area contributed by atoms with Gasteiger partial charge >= 0.3 is 0 Å². The predicted molar refractivity (Wildman–Crippen MR) is 68.8 cm³/mol. The van der Waals surface area contributed by atoms with Gasteiger partial charge in [-0.05, 0) is 18.2 Å². The maximum Gasteiger partial charge on any atom is 0.164 e. The van der Waals surface area contributed by atoms with E-state index < -0.39 is 11.6 Å². The number of hydrogen-bond donors (Lipinski definition) is 2. The first-order valence-electron chi connectivity index (χ1n) is 5.57. The Balaban J connectivity index is 2.38. The van der Waals surface area contributed by atoms with E-state index in [1.807, 2.05) is 0 Å². The zero-order valence-electron chi connectivity index (χ0n) is 10.3. The van der Waals surface area contributed by atoms with E-state index in [1.54, 1.807) is 12.3 Å². The van der Waals surface area contributed by atoms with Crippen molar-refractivity contribution in [1.82, 2.24) is 5.32 Å². The number of halogens is 2. The van der Waals surface area contributed by atoms with Crippen molar-refractivity contribution in [3.05, 3.63) is 52.9 Å². The molecule has 1 aromatic carbocycles. The standard InChI is InChI=1S/C14H12F2N2O/c1-19-13-6-7-18-8-9(13)2-3-10-11(15)4-5-12(17)14(10)16/h4-6,8,18H,7,17H2,1H3. The lowest BCUT2D eigenvalue weighted by atomic mass is 10.1. The van der Waals surface area contributed by atoms with E-state index in [9.17, 15) is 8.78 Å². The lowest BCUT2D eigenvalue weighted by Gasteiger charge is -2.11. The highest BCUT2D eigenvalue weighted by molar-refractivity contribution is 5.53. The third kappa shape index (κ3) is 2.68. The molecule has 0 aromatic heterocycles. The molecule has 1 aromatic rings. The molecule has 3 nitrogen and oxygen atoms in total. The van der Waals surface area contributed by atoms with E-state index in [0.29, 0.717) is 17.9 Å². The fourth-order valence-electron chi connectivity index (χ4n) is 1.60. The summed E-state index contributed by atoms with van der Waals surface area (Å²) in [6.45, 7) is 0.620. The minimum absolute atomic E-state index is 0.135. The normalized spacial score (nSPS) is 13.6. The highest BCUT2D eigenvalue weighted by Gasteiger charge is 2.11. The van der Waals surface area contributed by atoms with Gasteiger partial charge in [0.2, 0.25) is 0 Å². The molecule has 5 heteroatoms. The quantitative estimate of drug-likeness (QED) is 0.600. The van der Waals surface area contributed by atoms with Gasteiger partial charge in [0.15, 0.2) is 5.82 Å². The first-order valence-corrected chi connectivity index (χ1v) is 5.57. The molecule has 0 aliphatic carbocycles. The number of methoxy groups -OCH3 is 1. The molecule has 1 aliphatic heterocycles. The van der Waals surface area contributed by atoms with Crippen LogP contribution in [0.15, 0.2) is 35.7 Å². The van der Waals surface area contributed by atoms with Gasteiger partial charge in [0.25, 0.3) is 0 Å². The highest BCUT2D eigenvalue weighted by Crippen LogP contribution is 2.18. The Morgan fingerprint density at radius 1 is 1.32 bits per heavy atom. The molecular weight excluding hydrogens is 250 g/mol. The average molecular weight is 262 g/mol. The fraction of sp³-hybridized carbons (Fsp3) is 0.143. The van der Waals surface area contributed by atoms with Crippen molar-refractivity contribution in [2.24, 2.45) is 0 Å². The van der Waals surface area contributed by atoms with Gasteiger partial charge in [0.1, 0.15) is 11.6 Å². The van der Waals surface area contributed by atoms with Crippen molar-refractivity contribution >= 4 is 5.69 Å². The summed E-state index contributed by atoms with van der Waals surface area (Å²) in [7, 11) is 1.51. The van der Waals surface area contributed by atoms with Crippen molar-refractivity contribution < 1.29 is 13.5 Å². The Bertz CT molecular complexity index is 624. The van der Waals surface area contributed by atoms with Crippen molar-refractivity contribution in [3.8, 4) is 11.8 Å². The van der Waals surface area contributed by atoms with Crippen LogP contribution in [-0.4, -0.2) is 13.7 Å². The number of benzene rings is 1. The van der Waals surface area contributed by atoms with Gasteiger partial charge in [-0.1, -0.05) is 11.8 Å². The third-order valence-corrected chi connectivity index (χ3v) is 2.58. The summed E-state index contributed by atoms with van der Waals surface area (Å²) in [6, 6.07) is 2.25. The zero-order chi connectivity index (χ0) is 13.8. The number of nitrogens with two attached hydrogens (primary N) is 1. The van der Waals surface area contributed by atoms with E-state index in [1.165, 1.54) is 7.11 Å². The molecule has 0 bridgehead atoms. The largest absolute Gasteiger partial charge is 0.496 e. The van der Waals surface area contributed by atoms with Crippen molar-refractivity contribution in [2.75, 3.05) is 19.4 Å². The number of dihydropyridines is 1. The SMILES string of the molecule is COC1=CCNC=C1C#Cc1c(F)ccc(N)c1F. The maximum atomic E-state index is 13.6. The van der Waals surface area contributed by atoms with Gasteiger partial charge in [-0.15, -0.1) is 0 Å². The van der Waals surface area contributed by atoms with E-state index in [4.69, 9.17) is 10.5 Å². The van der Waals surface area contributed by atoms with E-state index in [0.717, 1.165) is 12.1 Å². The van der Waals surface area contributed by atoms with Crippen LogP contribution < -0.4 is 11.1 Å². The summed E-state index contributed by atoms with van der Waals surface area (Å²) in [5.74, 6) is 4.09. The van der Waals surface area contributed by atoms with Crippen LogP contribution in [0.4, 0.5) is 14.5 Å². The van der Waals surface area contributed by atoms with Crippen LogP contribution in [0.5, 0.6) is 0 Å². The smallest absolute Gasteiger partial charge is 0.164 e. The summed E-state index contributed by atoms with van der Waals surface area (Å²) in [5.41, 5.74) is 5.42. The lowest BCUT2D eigenvalue weighted by molar-refractivity contribution is 0.300. The lowest BCUT2D eigenvalue weighted by Crippen LogP contribution is -2.13. The number of ether oxygens (including phenoxy) is 1. The summed E-state index contributed by atoms with van der Waals surface area (Å²) in [4.78, 5) is 0. The summed E-state index contributed by atoms with van der Waals surface area (Å²) >= 11 is 0. The molecule has 0 unspecified atom stereocenters. The van der Waals surface area contributed by atoms with Crippen molar-refractivity contribution in [2.45, 2.75) is 0 Å². The summed E-state index contributed by atoms with van der Waals surface area (Å²) < 4.78 is 32.2. The molecule has 3 N–H and O–H groups in total. The Labute approximate surface area is 109 Å². The monoisotopic (exact) mass is 262 g/mol. The molecule has 0 saturated carbocycles. The Kier molecular flexibility index (Phi) is 3.71. The average Bonchev–Trinajstić information content (AvgIpc) is 2.43. The number of anilines is 1. The number of rotatable bonds is 1. The first kappa shape index (κ1) is 13.0. The predicted octanol–water partition coefficient (Wildman–Crippen LogP) is 1.92. The maximum absolute atomic E-state index is 13.6. The summed E-state index contributed by atoms with van der Waals surface area (Å²) in [6.07, 6.45) is 3.42. The van der Waals surface area contributed by atoms with E-state index >= 15 is 0 Å². The van der Waals surface area contributed by atoms with Gasteiger partial charge in [0, 0.05) is 12.7 Å². The molecule has 19 heavy (non-hydrogen) atoms. The minimum atomic E-state index is -0.847. The topological polar surface area (TPSA) is 47.3 Å². The Morgan fingerprint density at radius 2 is 2.11 bits per heavy atom. The molecule has 1 heterocycles. The Morgan fingerprint density at radius 3 is 2.84 bits per heavy atom. The third-order valence-electron chi connectivity index (χ3n) is 2.58. The molecule has 0 spiro atoms. The van der Waals surface area contributed by atoms with E-state index in [2.05, 4.69) is 17.2 Å². The second kappa shape index (κ2) is 5.44. The van der Waals surface area contributed by atoms with Gasteiger partial charge in [-0.25, -0.2) is 8.78 Å².